The number of nitrogens with one attached hydrogen (secondary N) is 2. The van der Waals surface area contributed by atoms with Gasteiger partial charge in [0.15, 0.2) is 9.90 Å². The smallest absolute Gasteiger partial charge is 0.246 e. The van der Waals surface area contributed by atoms with E-state index in [1.165, 1.54) is 24.2 Å². The summed E-state index contributed by atoms with van der Waals surface area (Å²) in [6, 6.07) is 0. The number of hydrogen-bond acceptors (Lipinski definition) is 6. The van der Waals surface area contributed by atoms with Gasteiger partial charge in [-0.25, -0.2) is 4.98 Å². The molecule has 0 radical (unpaired) electrons. The first kappa shape index (κ1) is 19.2. The minimum Gasteiger partial charge on any atom is -0.300 e. The van der Waals surface area contributed by atoms with Gasteiger partial charge in [0.25, 0.3) is 0 Å². The Hall–Kier alpha value is -1.58. The molecule has 0 bridgehead atoms. The van der Waals surface area contributed by atoms with Crippen molar-refractivity contribution in [2.75, 3.05) is 18.4 Å². The summed E-state index contributed by atoms with van der Waals surface area (Å²) in [7, 11) is 0. The van der Waals surface area contributed by atoms with E-state index in [1.807, 2.05) is 5.38 Å². The third-order valence-corrected chi connectivity index (χ3v) is 5.79. The normalized spacial score (nSPS) is 16.1. The number of amides is 1. The van der Waals surface area contributed by atoms with Crippen molar-refractivity contribution < 1.29 is 4.79 Å². The first-order valence-electron chi connectivity index (χ1n) is 9.15. The maximum absolute atomic E-state index is 12.4. The Kier molecular flexibility index (Phi) is 6.55. The highest BCUT2D eigenvalue weighted by molar-refractivity contribution is 7.71. The van der Waals surface area contributed by atoms with Gasteiger partial charge in [0, 0.05) is 18.3 Å². The number of carbonyl (C=O) groups excluding carboxylic acids is 1. The molecule has 1 aliphatic rings. The number of rotatable bonds is 7. The molecule has 0 atom stereocenters. The quantitative estimate of drug-likeness (QED) is 0.705. The predicted octanol–water partition coefficient (Wildman–Crippen LogP) is 3.22. The Morgan fingerprint density at radius 2 is 2.23 bits per heavy atom. The lowest BCUT2D eigenvalue weighted by Gasteiger charge is -2.29. The first-order valence-corrected chi connectivity index (χ1v) is 10.4. The molecule has 0 spiro atoms. The van der Waals surface area contributed by atoms with E-state index < -0.39 is 0 Å². The highest BCUT2D eigenvalue weighted by Gasteiger charge is 2.17. The largest absolute Gasteiger partial charge is 0.300 e. The van der Waals surface area contributed by atoms with Crippen LogP contribution in [0, 0.1) is 10.7 Å². The third-order valence-electron chi connectivity index (χ3n) is 4.67. The Morgan fingerprint density at radius 3 is 2.96 bits per heavy atom. The number of anilines is 1. The number of H-pyrrole nitrogens is 1. The number of carbonyl (C=O) groups is 1. The van der Waals surface area contributed by atoms with Crippen LogP contribution in [0.5, 0.6) is 0 Å². The van der Waals surface area contributed by atoms with Crippen LogP contribution < -0.4 is 5.32 Å². The van der Waals surface area contributed by atoms with Crippen LogP contribution in [-0.4, -0.2) is 43.6 Å². The van der Waals surface area contributed by atoms with Crippen LogP contribution in [0.25, 0.3) is 0 Å². The van der Waals surface area contributed by atoms with Gasteiger partial charge in [0.2, 0.25) is 5.91 Å². The van der Waals surface area contributed by atoms with E-state index in [1.54, 1.807) is 4.57 Å². The predicted molar refractivity (Wildman–Crippen MR) is 106 cm³/mol. The third kappa shape index (κ3) is 4.99. The minimum absolute atomic E-state index is 0.132. The summed E-state index contributed by atoms with van der Waals surface area (Å²) in [6.45, 7) is 7.64. The number of aryl methyl sites for hydroxylation is 1. The number of piperidine rings is 1. The molecular weight excluding hydrogens is 368 g/mol. The molecule has 0 aliphatic carbocycles. The molecule has 26 heavy (non-hydrogen) atoms. The zero-order valence-corrected chi connectivity index (χ0v) is 17.0. The molecule has 3 rings (SSSR count). The van der Waals surface area contributed by atoms with Gasteiger partial charge in [-0.2, -0.15) is 5.10 Å². The van der Waals surface area contributed by atoms with Crippen molar-refractivity contribution >= 4 is 34.6 Å². The molecule has 142 valence electrons. The fraction of sp³-hybridized carbons (Fsp3) is 0.647. The minimum atomic E-state index is -0.132. The van der Waals surface area contributed by atoms with E-state index >= 15 is 0 Å². The van der Waals surface area contributed by atoms with E-state index in [0.29, 0.717) is 9.90 Å². The van der Waals surface area contributed by atoms with Gasteiger partial charge in [-0.15, -0.1) is 11.3 Å². The van der Waals surface area contributed by atoms with Crippen LogP contribution in [0.3, 0.4) is 0 Å². The number of hydrogen-bond donors (Lipinski definition) is 2. The number of aromatic amines is 1. The second kappa shape index (κ2) is 8.88. The van der Waals surface area contributed by atoms with Crippen molar-refractivity contribution in [2.24, 2.45) is 5.92 Å². The average Bonchev–Trinajstić information content (AvgIpc) is 3.18. The zero-order valence-electron chi connectivity index (χ0n) is 15.3. The lowest BCUT2D eigenvalue weighted by atomic mass is 9.99. The fourth-order valence-electron chi connectivity index (χ4n) is 3.12. The molecule has 1 saturated heterocycles. The van der Waals surface area contributed by atoms with E-state index in [-0.39, 0.29) is 12.5 Å². The molecule has 0 unspecified atom stereocenters. The monoisotopic (exact) mass is 394 g/mol. The second-order valence-corrected chi connectivity index (χ2v) is 8.18. The molecule has 1 fully saturated rings. The molecule has 0 aromatic carbocycles. The van der Waals surface area contributed by atoms with E-state index in [0.717, 1.165) is 49.9 Å². The molecule has 2 N–H and O–H groups in total. The summed E-state index contributed by atoms with van der Waals surface area (Å²) >= 11 is 6.69. The summed E-state index contributed by atoms with van der Waals surface area (Å²) < 4.78 is 2.22. The Morgan fingerprint density at radius 1 is 1.46 bits per heavy atom. The highest BCUT2D eigenvalue weighted by Crippen LogP contribution is 2.21. The summed E-state index contributed by atoms with van der Waals surface area (Å²) in [4.78, 5) is 19.4. The summed E-state index contributed by atoms with van der Waals surface area (Å²) in [6.07, 6.45) is 4.24. The Labute approximate surface area is 162 Å². The second-order valence-electron chi connectivity index (χ2n) is 6.93. The molecule has 9 heteroatoms. The van der Waals surface area contributed by atoms with Gasteiger partial charge in [-0.1, -0.05) is 13.8 Å². The number of likely N-dealkylation sites (tertiary alicyclic amines) is 1. The highest BCUT2D eigenvalue weighted by atomic mass is 32.1. The molecule has 0 saturated carbocycles. The van der Waals surface area contributed by atoms with Crippen molar-refractivity contribution in [3.05, 3.63) is 21.7 Å². The van der Waals surface area contributed by atoms with Crippen molar-refractivity contribution in [1.29, 1.82) is 0 Å². The lowest BCUT2D eigenvalue weighted by molar-refractivity contribution is -0.116. The van der Waals surface area contributed by atoms with Gasteiger partial charge < -0.3 is 5.32 Å². The van der Waals surface area contributed by atoms with Gasteiger partial charge >= 0.3 is 0 Å². The average molecular weight is 395 g/mol. The standard InChI is InChI=1S/C17H26N6OS2/c1-3-4-14-20-21-17(25)23(14)10-15(24)19-16-18-13(11-26-16)9-22-7-5-12(2)6-8-22/h11-12H,3-10H2,1-2H3,(H,21,25)(H,18,19,24). The fourth-order valence-corrected chi connectivity index (χ4v) is 4.05. The maximum atomic E-state index is 12.4. The number of nitrogens with zero attached hydrogens (tertiary/aromatic N) is 4. The Balaban J connectivity index is 1.55. The van der Waals surface area contributed by atoms with Crippen molar-refractivity contribution in [3.8, 4) is 0 Å². The Bertz CT molecular complexity index is 787. The van der Waals surface area contributed by atoms with Crippen LogP contribution in [0.15, 0.2) is 5.38 Å². The first-order chi connectivity index (χ1) is 12.5. The molecule has 2 aromatic rings. The van der Waals surface area contributed by atoms with Crippen molar-refractivity contribution in [3.63, 3.8) is 0 Å². The molecule has 1 aliphatic heterocycles. The van der Waals surface area contributed by atoms with E-state index in [9.17, 15) is 4.79 Å². The zero-order chi connectivity index (χ0) is 18.5. The lowest BCUT2D eigenvalue weighted by Crippen LogP contribution is -2.32. The van der Waals surface area contributed by atoms with E-state index in [4.69, 9.17) is 12.2 Å². The SMILES string of the molecule is CCCc1n[nH]c(=S)n1CC(=O)Nc1nc(CN2CCC(C)CC2)cs1. The van der Waals surface area contributed by atoms with Crippen LogP contribution in [0.4, 0.5) is 5.13 Å². The number of thiazole rings is 1. The molecule has 1 amide bonds. The van der Waals surface area contributed by atoms with Crippen LogP contribution in [0.1, 0.15) is 44.6 Å². The summed E-state index contributed by atoms with van der Waals surface area (Å²) in [5, 5.41) is 12.5. The number of aromatic nitrogens is 4. The molecule has 7 nitrogen and oxygen atoms in total. The van der Waals surface area contributed by atoms with Crippen LogP contribution in [-0.2, 0) is 24.3 Å². The van der Waals surface area contributed by atoms with Crippen molar-refractivity contribution in [1.82, 2.24) is 24.6 Å². The van der Waals surface area contributed by atoms with Crippen molar-refractivity contribution in [2.45, 2.75) is 52.6 Å². The summed E-state index contributed by atoms with van der Waals surface area (Å²) in [5.41, 5.74) is 1.02. The van der Waals surface area contributed by atoms with Gasteiger partial charge in [0.05, 0.1) is 5.69 Å². The summed E-state index contributed by atoms with van der Waals surface area (Å²) in [5.74, 6) is 1.50. The topological polar surface area (TPSA) is 78.8 Å². The molecular formula is C17H26N6OS2. The van der Waals surface area contributed by atoms with Gasteiger partial charge in [-0.3, -0.25) is 19.4 Å². The van der Waals surface area contributed by atoms with Crippen LogP contribution >= 0.6 is 23.6 Å². The molecule has 2 aromatic heterocycles. The maximum Gasteiger partial charge on any atom is 0.246 e. The van der Waals surface area contributed by atoms with E-state index in [2.05, 4.69) is 39.2 Å². The van der Waals surface area contributed by atoms with Crippen LogP contribution in [0.2, 0.25) is 0 Å². The molecule has 3 heterocycles. The van der Waals surface area contributed by atoms with Gasteiger partial charge in [-0.05, 0) is 50.5 Å². The van der Waals surface area contributed by atoms with Gasteiger partial charge in [0.1, 0.15) is 12.4 Å².